The van der Waals surface area contributed by atoms with Crippen molar-refractivity contribution in [2.75, 3.05) is 13.1 Å². The van der Waals surface area contributed by atoms with Crippen LogP contribution in [0.25, 0.3) is 0 Å². The van der Waals surface area contributed by atoms with Crippen molar-refractivity contribution >= 4 is 17.7 Å². The lowest BCUT2D eigenvalue weighted by Gasteiger charge is -2.35. The second-order valence-corrected chi connectivity index (χ2v) is 8.24. The van der Waals surface area contributed by atoms with Gasteiger partial charge in [0.25, 0.3) is 11.8 Å². The fourth-order valence-corrected chi connectivity index (χ4v) is 3.75. The van der Waals surface area contributed by atoms with Crippen LogP contribution in [0.1, 0.15) is 59.6 Å². The van der Waals surface area contributed by atoms with Gasteiger partial charge < -0.3 is 20.0 Å². The van der Waals surface area contributed by atoms with Gasteiger partial charge in [0.2, 0.25) is 5.91 Å². The zero-order valence-corrected chi connectivity index (χ0v) is 18.4. The molecule has 1 aliphatic rings. The summed E-state index contributed by atoms with van der Waals surface area (Å²) in [5.74, 6) is -0.326. The number of carbonyl (C=O) groups is 3. The lowest BCUT2D eigenvalue weighted by atomic mass is 9.88. The minimum Gasteiger partial charge on any atom is -0.459 e. The lowest BCUT2D eigenvalue weighted by Crippen LogP contribution is -2.55. The number of furan rings is 1. The van der Waals surface area contributed by atoms with Gasteiger partial charge in [-0.25, -0.2) is 0 Å². The summed E-state index contributed by atoms with van der Waals surface area (Å²) in [5, 5.41) is 5.95. The quantitative estimate of drug-likeness (QED) is 0.713. The Hall–Kier alpha value is -3.09. The number of hydrogen-bond acceptors (Lipinski definition) is 4. The van der Waals surface area contributed by atoms with Crippen LogP contribution in [0.5, 0.6) is 0 Å². The van der Waals surface area contributed by atoms with Crippen molar-refractivity contribution in [2.45, 2.75) is 52.1 Å². The second kappa shape index (κ2) is 10.3. The van der Waals surface area contributed by atoms with Crippen molar-refractivity contribution in [3.8, 4) is 0 Å². The van der Waals surface area contributed by atoms with E-state index in [1.807, 2.05) is 32.9 Å². The molecule has 1 aromatic heterocycles. The molecule has 1 saturated heterocycles. The van der Waals surface area contributed by atoms with Gasteiger partial charge in [-0.2, -0.15) is 0 Å². The van der Waals surface area contributed by atoms with Crippen LogP contribution >= 0.6 is 0 Å². The van der Waals surface area contributed by atoms with Gasteiger partial charge in [-0.15, -0.1) is 0 Å². The molecular weight excluding hydrogens is 394 g/mol. The van der Waals surface area contributed by atoms with Crippen LogP contribution in [0.15, 0.2) is 47.1 Å². The molecule has 1 aromatic carbocycles. The molecule has 7 nitrogen and oxygen atoms in total. The molecule has 3 amide bonds. The van der Waals surface area contributed by atoms with Crippen molar-refractivity contribution in [3.05, 3.63) is 59.5 Å². The molecule has 2 atom stereocenters. The second-order valence-electron chi connectivity index (χ2n) is 8.24. The largest absolute Gasteiger partial charge is 0.459 e. The van der Waals surface area contributed by atoms with E-state index in [0.717, 1.165) is 12.0 Å². The lowest BCUT2D eigenvalue weighted by molar-refractivity contribution is -0.125. The molecule has 2 heterocycles. The van der Waals surface area contributed by atoms with E-state index in [-0.39, 0.29) is 29.7 Å². The number of likely N-dealkylation sites (tertiary alicyclic amines) is 1. The molecule has 0 saturated carbocycles. The van der Waals surface area contributed by atoms with Crippen molar-refractivity contribution < 1.29 is 18.8 Å². The first kappa shape index (κ1) is 22.6. The first-order chi connectivity index (χ1) is 14.9. The normalized spacial score (nSPS) is 16.4. The third kappa shape index (κ3) is 5.75. The maximum atomic E-state index is 13.0. The van der Waals surface area contributed by atoms with Crippen LogP contribution in [-0.4, -0.2) is 47.8 Å². The van der Waals surface area contributed by atoms with Gasteiger partial charge in [0, 0.05) is 24.7 Å². The van der Waals surface area contributed by atoms with Crippen LogP contribution in [0.3, 0.4) is 0 Å². The summed E-state index contributed by atoms with van der Waals surface area (Å²) in [6.07, 6.45) is 3.54. The molecule has 1 fully saturated rings. The third-order valence-electron chi connectivity index (χ3n) is 5.91. The summed E-state index contributed by atoms with van der Waals surface area (Å²) >= 11 is 0. The van der Waals surface area contributed by atoms with E-state index in [9.17, 15) is 14.4 Å². The maximum Gasteiger partial charge on any atom is 0.289 e. The number of aryl methyl sites for hydroxylation is 1. The summed E-state index contributed by atoms with van der Waals surface area (Å²) in [6, 6.07) is 9.99. The Labute approximate surface area is 183 Å². The van der Waals surface area contributed by atoms with Gasteiger partial charge in [0.1, 0.15) is 6.04 Å². The van der Waals surface area contributed by atoms with E-state index in [0.29, 0.717) is 37.3 Å². The van der Waals surface area contributed by atoms with Crippen molar-refractivity contribution in [2.24, 2.45) is 5.92 Å². The highest BCUT2D eigenvalue weighted by Crippen LogP contribution is 2.23. The zero-order valence-electron chi connectivity index (χ0n) is 18.4. The molecule has 1 aliphatic heterocycles. The first-order valence-electron chi connectivity index (χ1n) is 10.9. The summed E-state index contributed by atoms with van der Waals surface area (Å²) in [7, 11) is 0. The van der Waals surface area contributed by atoms with E-state index in [1.54, 1.807) is 29.2 Å². The Kier molecular flexibility index (Phi) is 7.50. The van der Waals surface area contributed by atoms with Gasteiger partial charge in [-0.05, 0) is 63.3 Å². The number of benzene rings is 1. The molecule has 166 valence electrons. The minimum atomic E-state index is -0.649. The Morgan fingerprint density at radius 2 is 1.77 bits per heavy atom. The molecule has 31 heavy (non-hydrogen) atoms. The predicted octanol–water partition coefficient (Wildman–Crippen LogP) is 3.15. The van der Waals surface area contributed by atoms with Crippen molar-refractivity contribution in [1.82, 2.24) is 15.5 Å². The van der Waals surface area contributed by atoms with Gasteiger partial charge in [-0.1, -0.05) is 24.6 Å². The van der Waals surface area contributed by atoms with Crippen LogP contribution in [0, 0.1) is 12.8 Å². The highest BCUT2D eigenvalue weighted by molar-refractivity contribution is 5.97. The van der Waals surface area contributed by atoms with Gasteiger partial charge in [-0.3, -0.25) is 14.4 Å². The topological polar surface area (TPSA) is 91.7 Å². The summed E-state index contributed by atoms with van der Waals surface area (Å²) in [4.78, 5) is 40.1. The maximum absolute atomic E-state index is 13.0. The minimum absolute atomic E-state index is 0.0203. The number of nitrogens with zero attached hydrogens (tertiary/aromatic N) is 1. The highest BCUT2D eigenvalue weighted by Gasteiger charge is 2.35. The molecule has 2 N–H and O–H groups in total. The molecule has 3 rings (SSSR count). The number of carbonyl (C=O) groups excluding carboxylic acids is 3. The number of piperidine rings is 1. The summed E-state index contributed by atoms with van der Waals surface area (Å²) in [5.41, 5.74) is 1.59. The van der Waals surface area contributed by atoms with Crippen molar-refractivity contribution in [1.29, 1.82) is 0 Å². The standard InChI is InChI=1S/C24H31N3O4/c1-4-17(3)25-23(29)21(26-22(28)19-9-7-16(2)8-10-19)18-11-13-27(14-12-18)24(30)20-6-5-15-31-20/h5-10,15,17-18,21H,4,11-14H2,1-3H3,(H,25,29)(H,26,28)/t17-,21+/m1/s1. The highest BCUT2D eigenvalue weighted by atomic mass is 16.3. The molecule has 0 spiro atoms. The van der Waals surface area contributed by atoms with Crippen LogP contribution in [0.2, 0.25) is 0 Å². The summed E-state index contributed by atoms with van der Waals surface area (Å²) < 4.78 is 5.21. The average Bonchev–Trinajstić information content (AvgIpc) is 3.32. The van der Waals surface area contributed by atoms with Crippen LogP contribution < -0.4 is 10.6 Å². The Morgan fingerprint density at radius 3 is 2.35 bits per heavy atom. The monoisotopic (exact) mass is 425 g/mol. The van der Waals surface area contributed by atoms with Crippen LogP contribution in [-0.2, 0) is 4.79 Å². The third-order valence-corrected chi connectivity index (χ3v) is 5.91. The first-order valence-corrected chi connectivity index (χ1v) is 10.9. The number of hydrogen-bond donors (Lipinski definition) is 2. The smallest absolute Gasteiger partial charge is 0.289 e. The zero-order chi connectivity index (χ0) is 22.4. The van der Waals surface area contributed by atoms with E-state index >= 15 is 0 Å². The van der Waals surface area contributed by atoms with E-state index in [2.05, 4.69) is 10.6 Å². The molecular formula is C24H31N3O4. The van der Waals surface area contributed by atoms with E-state index in [1.165, 1.54) is 6.26 Å². The molecule has 0 bridgehead atoms. The van der Waals surface area contributed by atoms with E-state index < -0.39 is 6.04 Å². The Bertz CT molecular complexity index is 884. The van der Waals surface area contributed by atoms with Crippen LogP contribution in [0.4, 0.5) is 0 Å². The average molecular weight is 426 g/mol. The molecule has 7 heteroatoms. The number of nitrogens with one attached hydrogen (secondary N) is 2. The fourth-order valence-electron chi connectivity index (χ4n) is 3.75. The van der Waals surface area contributed by atoms with Gasteiger partial charge in [0.05, 0.1) is 6.26 Å². The van der Waals surface area contributed by atoms with Crippen molar-refractivity contribution in [3.63, 3.8) is 0 Å². The van der Waals surface area contributed by atoms with Gasteiger partial charge >= 0.3 is 0 Å². The molecule has 0 radical (unpaired) electrons. The van der Waals surface area contributed by atoms with Gasteiger partial charge in [0.15, 0.2) is 5.76 Å². The summed E-state index contributed by atoms with van der Waals surface area (Å²) in [6.45, 7) is 6.93. The molecule has 2 aromatic rings. The number of rotatable bonds is 7. The fraction of sp³-hybridized carbons (Fsp3) is 0.458. The number of amides is 3. The SMILES string of the molecule is CC[C@@H](C)NC(=O)[C@@H](NC(=O)c1ccc(C)cc1)C1CCN(C(=O)c2ccco2)CC1. The Morgan fingerprint density at radius 1 is 1.10 bits per heavy atom. The molecule has 0 aliphatic carbocycles. The molecule has 0 unspecified atom stereocenters. The Balaban J connectivity index is 1.69. The predicted molar refractivity (Wildman–Crippen MR) is 118 cm³/mol. The van der Waals surface area contributed by atoms with E-state index in [4.69, 9.17) is 4.42 Å².